The molecule has 0 saturated carbocycles. The molecule has 1 saturated heterocycles. The summed E-state index contributed by atoms with van der Waals surface area (Å²) in [5.74, 6) is 0.439. The van der Waals surface area contributed by atoms with Crippen LogP contribution in [0.4, 0.5) is 18.9 Å². The third kappa shape index (κ3) is 6.13. The van der Waals surface area contributed by atoms with E-state index in [1.165, 1.54) is 12.1 Å². The van der Waals surface area contributed by atoms with Gasteiger partial charge in [-0.25, -0.2) is 0 Å². The number of methoxy groups -OCH3 is 1. The zero-order valence-electron chi connectivity index (χ0n) is 17.1. The van der Waals surface area contributed by atoms with Crippen molar-refractivity contribution in [3.05, 3.63) is 59.7 Å². The van der Waals surface area contributed by atoms with Crippen molar-refractivity contribution in [1.29, 1.82) is 0 Å². The van der Waals surface area contributed by atoms with Gasteiger partial charge in [0.15, 0.2) is 0 Å². The van der Waals surface area contributed by atoms with Gasteiger partial charge >= 0.3 is 6.18 Å². The van der Waals surface area contributed by atoms with Gasteiger partial charge in [0.2, 0.25) is 11.8 Å². The highest BCUT2D eigenvalue weighted by atomic mass is 19.4. The Bertz CT molecular complexity index is 925. The number of ether oxygens (including phenoxy) is 1. The third-order valence-corrected chi connectivity index (χ3v) is 5.11. The van der Waals surface area contributed by atoms with Gasteiger partial charge in [-0.05, 0) is 35.9 Å². The van der Waals surface area contributed by atoms with Gasteiger partial charge in [-0.1, -0.05) is 18.2 Å². The number of benzene rings is 2. The summed E-state index contributed by atoms with van der Waals surface area (Å²) in [6.45, 7) is 1.48. The van der Waals surface area contributed by atoms with E-state index in [1.54, 1.807) is 16.9 Å². The van der Waals surface area contributed by atoms with Crippen LogP contribution in [0.5, 0.6) is 5.75 Å². The predicted molar refractivity (Wildman–Crippen MR) is 110 cm³/mol. The average Bonchev–Trinajstić information content (AvgIpc) is 2.77. The molecule has 2 aromatic rings. The highest BCUT2D eigenvalue weighted by Gasteiger charge is 2.30. The molecule has 166 valence electrons. The van der Waals surface area contributed by atoms with Crippen molar-refractivity contribution in [2.24, 2.45) is 0 Å². The molecule has 0 spiro atoms. The Morgan fingerprint density at radius 1 is 0.968 bits per heavy atom. The first-order valence-corrected chi connectivity index (χ1v) is 9.86. The van der Waals surface area contributed by atoms with Gasteiger partial charge < -0.3 is 19.9 Å². The largest absolute Gasteiger partial charge is 0.497 e. The van der Waals surface area contributed by atoms with E-state index in [-0.39, 0.29) is 30.5 Å². The number of carbonyl (C=O) groups excluding carboxylic acids is 2. The minimum atomic E-state index is -4.44. The fraction of sp³-hybridized carbons (Fsp3) is 0.364. The number of carbonyl (C=O) groups is 2. The second kappa shape index (κ2) is 9.72. The maximum absolute atomic E-state index is 12.8. The minimum absolute atomic E-state index is 0.0255. The molecule has 1 aliphatic rings. The van der Waals surface area contributed by atoms with Crippen LogP contribution in [0.3, 0.4) is 0 Å². The lowest BCUT2D eigenvalue weighted by molar-refractivity contribution is -0.138. The summed E-state index contributed by atoms with van der Waals surface area (Å²) in [6.07, 6.45) is -4.18. The Morgan fingerprint density at radius 3 is 2.26 bits per heavy atom. The average molecular weight is 435 g/mol. The van der Waals surface area contributed by atoms with Crippen LogP contribution in [0, 0.1) is 0 Å². The first kappa shape index (κ1) is 22.5. The van der Waals surface area contributed by atoms with Crippen molar-refractivity contribution in [2.45, 2.75) is 12.6 Å². The Morgan fingerprint density at radius 2 is 1.61 bits per heavy atom. The van der Waals surface area contributed by atoms with Gasteiger partial charge in [0.25, 0.3) is 0 Å². The molecule has 3 rings (SSSR count). The van der Waals surface area contributed by atoms with E-state index in [0.717, 1.165) is 17.7 Å². The molecule has 0 aliphatic carbocycles. The van der Waals surface area contributed by atoms with Crippen LogP contribution in [0.25, 0.3) is 0 Å². The van der Waals surface area contributed by atoms with E-state index in [2.05, 4.69) is 5.32 Å². The summed E-state index contributed by atoms with van der Waals surface area (Å²) in [5.41, 5.74) is 0.316. The normalized spacial score (nSPS) is 14.3. The molecule has 6 nitrogen and oxygen atoms in total. The van der Waals surface area contributed by atoms with Crippen LogP contribution in [-0.2, 0) is 22.2 Å². The number of alkyl halides is 3. The molecule has 2 aromatic carbocycles. The van der Waals surface area contributed by atoms with Gasteiger partial charge in [-0.15, -0.1) is 0 Å². The first-order chi connectivity index (χ1) is 14.8. The molecule has 0 bridgehead atoms. The number of nitrogens with one attached hydrogen (secondary N) is 1. The van der Waals surface area contributed by atoms with E-state index in [9.17, 15) is 22.8 Å². The fourth-order valence-electron chi connectivity index (χ4n) is 3.37. The molecule has 1 fully saturated rings. The second-order valence-corrected chi connectivity index (χ2v) is 7.22. The molecule has 0 aromatic heterocycles. The number of nitrogens with zero attached hydrogens (tertiary/aromatic N) is 2. The van der Waals surface area contributed by atoms with E-state index >= 15 is 0 Å². The summed E-state index contributed by atoms with van der Waals surface area (Å²) in [4.78, 5) is 28.3. The lowest BCUT2D eigenvalue weighted by atomic mass is 10.1. The molecule has 31 heavy (non-hydrogen) atoms. The molecular formula is C22H24F3N3O3. The quantitative estimate of drug-likeness (QED) is 0.758. The summed E-state index contributed by atoms with van der Waals surface area (Å²) in [7, 11) is 1.57. The number of hydrogen-bond acceptors (Lipinski definition) is 4. The van der Waals surface area contributed by atoms with Crippen LogP contribution in [0.1, 0.15) is 11.1 Å². The molecule has 9 heteroatoms. The molecule has 2 amide bonds. The van der Waals surface area contributed by atoms with E-state index in [1.807, 2.05) is 24.3 Å². The minimum Gasteiger partial charge on any atom is -0.497 e. The van der Waals surface area contributed by atoms with Gasteiger partial charge in [0.05, 0.1) is 25.6 Å². The molecule has 0 unspecified atom stereocenters. The van der Waals surface area contributed by atoms with Crippen LogP contribution in [0.2, 0.25) is 0 Å². The summed E-state index contributed by atoms with van der Waals surface area (Å²) in [6, 6.07) is 12.1. The molecule has 1 aliphatic heterocycles. The maximum atomic E-state index is 12.8. The molecule has 1 heterocycles. The third-order valence-electron chi connectivity index (χ3n) is 5.11. The van der Waals surface area contributed by atoms with Gasteiger partial charge in [0.1, 0.15) is 5.75 Å². The standard InChI is InChI=1S/C22H24F3N3O3/c1-31-19-7-2-4-16(12-19)13-20(29)27-8-10-28(11-9-27)21(30)15-26-18-6-3-5-17(14-18)22(23,24)25/h2-7,12,14,26H,8-11,13,15H2,1H3. The Kier molecular flexibility index (Phi) is 7.04. The highest BCUT2D eigenvalue weighted by molar-refractivity contribution is 5.82. The Labute approximate surface area is 178 Å². The Hall–Kier alpha value is -3.23. The van der Waals surface area contributed by atoms with E-state index in [4.69, 9.17) is 4.74 Å². The fourth-order valence-corrected chi connectivity index (χ4v) is 3.37. The number of halogens is 3. The Balaban J connectivity index is 1.47. The smallest absolute Gasteiger partial charge is 0.416 e. The van der Waals surface area contributed by atoms with Crippen molar-refractivity contribution in [3.63, 3.8) is 0 Å². The molecule has 0 radical (unpaired) electrons. The SMILES string of the molecule is COc1cccc(CC(=O)N2CCN(C(=O)CNc3cccc(C(F)(F)F)c3)CC2)c1. The zero-order valence-corrected chi connectivity index (χ0v) is 17.1. The molecule has 1 N–H and O–H groups in total. The summed E-state index contributed by atoms with van der Waals surface area (Å²) >= 11 is 0. The lowest BCUT2D eigenvalue weighted by Crippen LogP contribution is -2.52. The van der Waals surface area contributed by atoms with E-state index < -0.39 is 11.7 Å². The van der Waals surface area contributed by atoms with E-state index in [0.29, 0.717) is 31.9 Å². The maximum Gasteiger partial charge on any atom is 0.416 e. The summed E-state index contributed by atoms with van der Waals surface area (Å²) < 4.78 is 43.6. The highest BCUT2D eigenvalue weighted by Crippen LogP contribution is 2.30. The van der Waals surface area contributed by atoms with Crippen LogP contribution in [-0.4, -0.2) is 61.4 Å². The lowest BCUT2D eigenvalue weighted by Gasteiger charge is -2.35. The first-order valence-electron chi connectivity index (χ1n) is 9.86. The van der Waals surface area contributed by atoms with Crippen molar-refractivity contribution in [3.8, 4) is 5.75 Å². The number of piperazine rings is 1. The van der Waals surface area contributed by atoms with Crippen LogP contribution in [0.15, 0.2) is 48.5 Å². The van der Waals surface area contributed by atoms with Crippen molar-refractivity contribution < 1.29 is 27.5 Å². The number of hydrogen-bond donors (Lipinski definition) is 1. The second-order valence-electron chi connectivity index (χ2n) is 7.22. The van der Waals surface area contributed by atoms with Crippen molar-refractivity contribution in [1.82, 2.24) is 9.80 Å². The van der Waals surface area contributed by atoms with Crippen molar-refractivity contribution in [2.75, 3.05) is 45.2 Å². The topological polar surface area (TPSA) is 61.9 Å². The van der Waals surface area contributed by atoms with Crippen LogP contribution >= 0.6 is 0 Å². The van der Waals surface area contributed by atoms with Gasteiger partial charge in [-0.3, -0.25) is 9.59 Å². The molecule has 0 atom stereocenters. The predicted octanol–water partition coefficient (Wildman–Crippen LogP) is 3.04. The number of anilines is 1. The molecular weight excluding hydrogens is 411 g/mol. The zero-order chi connectivity index (χ0) is 22.4. The monoisotopic (exact) mass is 435 g/mol. The number of rotatable bonds is 6. The van der Waals surface area contributed by atoms with Gasteiger partial charge in [0, 0.05) is 31.9 Å². The van der Waals surface area contributed by atoms with Crippen LogP contribution < -0.4 is 10.1 Å². The number of amides is 2. The van der Waals surface area contributed by atoms with Gasteiger partial charge in [-0.2, -0.15) is 13.2 Å². The summed E-state index contributed by atoms with van der Waals surface area (Å²) in [5, 5.41) is 2.75. The van der Waals surface area contributed by atoms with Crippen molar-refractivity contribution >= 4 is 17.5 Å².